The average Bonchev–Trinajstić information content (AvgIpc) is 2.70. The maximum absolute atomic E-state index is 12.4. The highest BCUT2D eigenvalue weighted by Gasteiger charge is 2.09. The zero-order chi connectivity index (χ0) is 19.9. The molecule has 0 saturated carbocycles. The van der Waals surface area contributed by atoms with E-state index in [0.717, 1.165) is 10.1 Å². The van der Waals surface area contributed by atoms with Gasteiger partial charge in [-0.05, 0) is 30.3 Å². The van der Waals surface area contributed by atoms with E-state index in [1.807, 2.05) is 6.07 Å². The molecule has 0 fully saturated rings. The Morgan fingerprint density at radius 2 is 1.71 bits per heavy atom. The first-order valence-electron chi connectivity index (χ1n) is 8.57. The first-order chi connectivity index (χ1) is 13.6. The van der Waals surface area contributed by atoms with Crippen LogP contribution in [0.25, 0.3) is 10.8 Å². The van der Waals surface area contributed by atoms with Crippen LogP contribution >= 0.6 is 0 Å². The zero-order valence-electron chi connectivity index (χ0n) is 15.0. The van der Waals surface area contributed by atoms with Crippen molar-refractivity contribution in [2.24, 2.45) is 0 Å². The number of rotatable bonds is 6. The fourth-order valence-electron chi connectivity index (χ4n) is 2.55. The number of benzene rings is 2. The molecule has 3 aromatic rings. The van der Waals surface area contributed by atoms with Crippen LogP contribution < -0.4 is 21.5 Å². The third kappa shape index (κ3) is 4.61. The summed E-state index contributed by atoms with van der Waals surface area (Å²) in [6.45, 7) is 3.68. The molecule has 8 nitrogen and oxygen atoms in total. The van der Waals surface area contributed by atoms with E-state index in [1.165, 1.54) is 0 Å². The van der Waals surface area contributed by atoms with Gasteiger partial charge in [0.05, 0.1) is 11.6 Å². The van der Waals surface area contributed by atoms with Crippen LogP contribution in [-0.4, -0.2) is 28.3 Å². The fraction of sp³-hybridized carbons (Fsp3) is 0.100. The monoisotopic (exact) mass is 377 g/mol. The summed E-state index contributed by atoms with van der Waals surface area (Å²) in [5, 5.41) is 13.2. The molecular formula is C20H19N5O3. The van der Waals surface area contributed by atoms with Gasteiger partial charge in [0, 0.05) is 23.3 Å². The molecule has 0 aliphatic rings. The van der Waals surface area contributed by atoms with E-state index in [2.05, 4.69) is 27.6 Å². The summed E-state index contributed by atoms with van der Waals surface area (Å²) in [5.74, 6) is -0.380. The molecule has 0 radical (unpaired) electrons. The number of carbonyl (C=O) groups excluding carboxylic acids is 2. The van der Waals surface area contributed by atoms with Crippen LogP contribution in [0.4, 0.5) is 16.2 Å². The molecule has 8 heteroatoms. The molecule has 1 heterocycles. The van der Waals surface area contributed by atoms with Crippen LogP contribution in [0.1, 0.15) is 0 Å². The minimum atomic E-state index is -0.380. The second-order valence-electron chi connectivity index (χ2n) is 5.94. The number of nitrogens with zero attached hydrogens (tertiary/aromatic N) is 2. The topological polar surface area (TPSA) is 105 Å². The summed E-state index contributed by atoms with van der Waals surface area (Å²) in [6.07, 6.45) is 3.13. The van der Waals surface area contributed by atoms with E-state index in [-0.39, 0.29) is 24.0 Å². The number of carbonyl (C=O) groups is 2. The summed E-state index contributed by atoms with van der Waals surface area (Å²) in [5.41, 5.74) is 0.793. The van der Waals surface area contributed by atoms with Gasteiger partial charge in [-0.2, -0.15) is 5.10 Å². The Morgan fingerprint density at radius 3 is 2.43 bits per heavy atom. The van der Waals surface area contributed by atoms with Gasteiger partial charge in [-0.1, -0.05) is 24.3 Å². The first-order valence-corrected chi connectivity index (χ1v) is 8.57. The van der Waals surface area contributed by atoms with Crippen LogP contribution in [0.15, 0.2) is 72.2 Å². The number of fused-ring (bicyclic) bond motifs is 1. The highest BCUT2D eigenvalue weighted by molar-refractivity contribution is 5.92. The standard InChI is InChI=1S/C20H19N5O3/c1-2-11-21-20(28)24-16-9-7-15(8-10-16)23-18(26)13-25-19(27)17-6-4-3-5-14(17)12-22-25/h2-10,12H,1,11,13H2,(H,23,26)(H2,21,24,28). The van der Waals surface area contributed by atoms with Crippen molar-refractivity contribution in [3.05, 3.63) is 77.7 Å². The summed E-state index contributed by atoms with van der Waals surface area (Å²) in [4.78, 5) is 36.2. The van der Waals surface area contributed by atoms with Gasteiger partial charge < -0.3 is 16.0 Å². The van der Waals surface area contributed by atoms with Crippen molar-refractivity contribution in [2.45, 2.75) is 6.54 Å². The highest BCUT2D eigenvalue weighted by Crippen LogP contribution is 2.13. The summed E-state index contributed by atoms with van der Waals surface area (Å²) >= 11 is 0. The molecule has 0 aliphatic heterocycles. The smallest absolute Gasteiger partial charge is 0.319 e. The molecule has 0 unspecified atom stereocenters. The number of amides is 3. The van der Waals surface area contributed by atoms with Gasteiger partial charge in [0.25, 0.3) is 5.56 Å². The van der Waals surface area contributed by atoms with E-state index in [4.69, 9.17) is 0 Å². The van der Waals surface area contributed by atoms with Crippen LogP contribution in [0.5, 0.6) is 0 Å². The second kappa shape index (κ2) is 8.63. The van der Waals surface area contributed by atoms with Crippen molar-refractivity contribution in [1.29, 1.82) is 0 Å². The van der Waals surface area contributed by atoms with Crippen molar-refractivity contribution in [2.75, 3.05) is 17.2 Å². The van der Waals surface area contributed by atoms with E-state index >= 15 is 0 Å². The predicted molar refractivity (Wildman–Crippen MR) is 108 cm³/mol. The van der Waals surface area contributed by atoms with Gasteiger partial charge in [0.1, 0.15) is 6.54 Å². The first kappa shape index (κ1) is 18.8. The van der Waals surface area contributed by atoms with Crippen molar-refractivity contribution >= 4 is 34.1 Å². The number of hydrogen-bond acceptors (Lipinski definition) is 4. The van der Waals surface area contributed by atoms with Gasteiger partial charge in [-0.25, -0.2) is 9.48 Å². The Bertz CT molecular complexity index is 1070. The minimum Gasteiger partial charge on any atom is -0.334 e. The third-order valence-corrected chi connectivity index (χ3v) is 3.89. The Kier molecular flexibility index (Phi) is 5.81. The number of nitrogens with one attached hydrogen (secondary N) is 3. The molecule has 3 amide bonds. The molecule has 3 N–H and O–H groups in total. The van der Waals surface area contributed by atoms with E-state index in [0.29, 0.717) is 23.3 Å². The molecule has 0 saturated heterocycles. The molecular weight excluding hydrogens is 358 g/mol. The number of urea groups is 1. The third-order valence-electron chi connectivity index (χ3n) is 3.89. The van der Waals surface area contributed by atoms with Crippen molar-refractivity contribution in [3.8, 4) is 0 Å². The maximum atomic E-state index is 12.4. The van der Waals surface area contributed by atoms with Gasteiger partial charge in [0.2, 0.25) is 5.91 Å². The van der Waals surface area contributed by atoms with Gasteiger partial charge in [-0.3, -0.25) is 9.59 Å². The molecule has 0 aliphatic carbocycles. The quantitative estimate of drug-likeness (QED) is 0.574. The van der Waals surface area contributed by atoms with Crippen LogP contribution in [0.3, 0.4) is 0 Å². The van der Waals surface area contributed by atoms with E-state index in [9.17, 15) is 14.4 Å². The van der Waals surface area contributed by atoms with Crippen molar-refractivity contribution in [3.63, 3.8) is 0 Å². The Hall–Kier alpha value is -3.94. The van der Waals surface area contributed by atoms with Gasteiger partial charge >= 0.3 is 6.03 Å². The molecule has 1 aromatic heterocycles. The molecule has 28 heavy (non-hydrogen) atoms. The highest BCUT2D eigenvalue weighted by atomic mass is 16.2. The Morgan fingerprint density at radius 1 is 1.04 bits per heavy atom. The Balaban J connectivity index is 1.62. The zero-order valence-corrected chi connectivity index (χ0v) is 15.0. The van der Waals surface area contributed by atoms with Gasteiger partial charge in [-0.15, -0.1) is 6.58 Å². The normalized spacial score (nSPS) is 10.3. The lowest BCUT2D eigenvalue weighted by Gasteiger charge is -2.09. The number of anilines is 2. The van der Waals surface area contributed by atoms with Crippen molar-refractivity contribution in [1.82, 2.24) is 15.1 Å². The SMILES string of the molecule is C=CCNC(=O)Nc1ccc(NC(=O)Cn2ncc3ccccc3c2=O)cc1. The largest absolute Gasteiger partial charge is 0.334 e. The Labute approximate surface area is 160 Å². The molecule has 0 atom stereocenters. The van der Waals surface area contributed by atoms with E-state index < -0.39 is 0 Å². The second-order valence-corrected chi connectivity index (χ2v) is 5.94. The average molecular weight is 377 g/mol. The van der Waals surface area contributed by atoms with Crippen LogP contribution in [-0.2, 0) is 11.3 Å². The molecule has 142 valence electrons. The van der Waals surface area contributed by atoms with Crippen LogP contribution in [0.2, 0.25) is 0 Å². The minimum absolute atomic E-state index is 0.201. The summed E-state index contributed by atoms with van der Waals surface area (Å²) in [7, 11) is 0. The number of hydrogen-bond donors (Lipinski definition) is 3. The molecule has 3 rings (SSSR count). The fourth-order valence-corrected chi connectivity index (χ4v) is 2.55. The summed E-state index contributed by atoms with van der Waals surface area (Å²) in [6, 6.07) is 13.3. The van der Waals surface area contributed by atoms with Crippen molar-refractivity contribution < 1.29 is 9.59 Å². The van der Waals surface area contributed by atoms with Gasteiger partial charge in [0.15, 0.2) is 0 Å². The molecule has 0 spiro atoms. The van der Waals surface area contributed by atoms with E-state index in [1.54, 1.807) is 54.7 Å². The summed E-state index contributed by atoms with van der Waals surface area (Å²) < 4.78 is 1.12. The molecule has 0 bridgehead atoms. The molecule has 2 aromatic carbocycles. The lowest BCUT2D eigenvalue weighted by atomic mass is 10.2. The maximum Gasteiger partial charge on any atom is 0.319 e. The van der Waals surface area contributed by atoms with Crippen LogP contribution in [0, 0.1) is 0 Å². The lowest BCUT2D eigenvalue weighted by Crippen LogP contribution is -2.29. The predicted octanol–water partition coefficient (Wildman–Crippen LogP) is 2.34. The lowest BCUT2D eigenvalue weighted by molar-refractivity contribution is -0.117. The number of aromatic nitrogens is 2.